The van der Waals surface area contributed by atoms with Crippen molar-refractivity contribution in [2.75, 3.05) is 44.7 Å². The van der Waals surface area contributed by atoms with Crippen LogP contribution in [0.1, 0.15) is 30.4 Å². The molecule has 7 heteroatoms. The van der Waals surface area contributed by atoms with Gasteiger partial charge in [-0.15, -0.1) is 0 Å². The fraction of sp³-hybridized carbons (Fsp3) is 0.520. The van der Waals surface area contributed by atoms with Crippen molar-refractivity contribution in [1.82, 2.24) is 4.90 Å². The number of ether oxygens (including phenoxy) is 1. The number of nitrogens with zero attached hydrogens (tertiary/aromatic N) is 2. The molecule has 170 valence electrons. The Kier molecular flexibility index (Phi) is 4.14. The summed E-state index contributed by atoms with van der Waals surface area (Å²) in [5.41, 5.74) is -1.33. The SMILES string of the molecule is CN1CCN(c2ccc(C34CC(C(F)(F)C5(c6ccc(F)cc6F)CO5)(C3)C4)cc2)CC1. The van der Waals surface area contributed by atoms with Gasteiger partial charge in [-0.25, -0.2) is 17.6 Å². The standard InChI is InChI=1S/C25H26F4N2O/c1-30-8-10-31(11-9-30)19-5-2-17(3-6-19)22-13-23(14-22,15-22)25(28,29)24(16-32-24)20-7-4-18(26)12-21(20)27/h2-7,12H,8-11,13-16H2,1H3. The number of piperazine rings is 1. The van der Waals surface area contributed by atoms with Crippen LogP contribution in [0.5, 0.6) is 0 Å². The fourth-order valence-electron chi connectivity index (χ4n) is 6.34. The molecule has 0 N–H and O–H groups in total. The lowest BCUT2D eigenvalue weighted by molar-refractivity contribution is -0.306. The predicted molar refractivity (Wildman–Crippen MR) is 113 cm³/mol. The lowest BCUT2D eigenvalue weighted by atomic mass is 9.31. The van der Waals surface area contributed by atoms with Gasteiger partial charge in [0.15, 0.2) is 5.60 Å². The third kappa shape index (κ3) is 2.61. The summed E-state index contributed by atoms with van der Waals surface area (Å²) in [6.45, 7) is 3.79. The van der Waals surface area contributed by atoms with Gasteiger partial charge in [0.05, 0.1) is 6.61 Å². The smallest absolute Gasteiger partial charge is 0.288 e. The topological polar surface area (TPSA) is 19.0 Å². The quantitative estimate of drug-likeness (QED) is 0.490. The molecule has 2 aromatic carbocycles. The normalized spacial score (nSPS) is 34.1. The molecule has 7 rings (SSSR count). The largest absolute Gasteiger partial charge is 0.369 e. The zero-order valence-corrected chi connectivity index (χ0v) is 18.0. The molecule has 3 aliphatic carbocycles. The van der Waals surface area contributed by atoms with Crippen molar-refractivity contribution in [2.45, 2.75) is 36.2 Å². The molecular weight excluding hydrogens is 420 g/mol. The van der Waals surface area contributed by atoms with Gasteiger partial charge in [0, 0.05) is 48.9 Å². The molecule has 3 nitrogen and oxygen atoms in total. The number of hydrogen-bond donors (Lipinski definition) is 0. The first-order valence-electron chi connectivity index (χ1n) is 11.2. The highest BCUT2D eigenvalue weighted by Gasteiger charge is 2.85. The van der Waals surface area contributed by atoms with Gasteiger partial charge >= 0.3 is 0 Å². The van der Waals surface area contributed by atoms with E-state index in [-0.39, 0.29) is 17.6 Å². The Morgan fingerprint density at radius 3 is 2.09 bits per heavy atom. The highest BCUT2D eigenvalue weighted by atomic mass is 19.3. The van der Waals surface area contributed by atoms with Crippen LogP contribution < -0.4 is 4.90 Å². The molecule has 5 aliphatic rings. The summed E-state index contributed by atoms with van der Waals surface area (Å²) in [4.78, 5) is 4.66. The van der Waals surface area contributed by atoms with Crippen molar-refractivity contribution in [3.05, 3.63) is 65.2 Å². The molecule has 2 bridgehead atoms. The molecule has 2 aromatic rings. The third-order valence-corrected chi connectivity index (χ3v) is 8.35. The molecule has 0 aromatic heterocycles. The number of epoxide rings is 1. The minimum absolute atomic E-state index is 0.221. The number of halogens is 4. The van der Waals surface area contributed by atoms with E-state index < -0.39 is 28.6 Å². The van der Waals surface area contributed by atoms with Crippen LogP contribution in [0.15, 0.2) is 42.5 Å². The zero-order chi connectivity index (χ0) is 22.4. The molecule has 3 saturated carbocycles. The first kappa shape index (κ1) is 20.5. The second kappa shape index (κ2) is 6.48. The minimum Gasteiger partial charge on any atom is -0.369 e. The van der Waals surface area contributed by atoms with E-state index in [2.05, 4.69) is 41.1 Å². The van der Waals surface area contributed by atoms with E-state index >= 15 is 8.78 Å². The second-order valence-electron chi connectivity index (χ2n) is 10.2. The van der Waals surface area contributed by atoms with Crippen molar-refractivity contribution in [2.24, 2.45) is 5.41 Å². The molecule has 1 atom stereocenters. The van der Waals surface area contributed by atoms with Crippen molar-refractivity contribution < 1.29 is 22.3 Å². The van der Waals surface area contributed by atoms with E-state index in [1.807, 2.05) is 0 Å². The van der Waals surface area contributed by atoms with Crippen LogP contribution in [0.3, 0.4) is 0 Å². The van der Waals surface area contributed by atoms with Crippen LogP contribution in [-0.2, 0) is 15.8 Å². The number of hydrogen-bond acceptors (Lipinski definition) is 3. The maximum absolute atomic E-state index is 15.7. The van der Waals surface area contributed by atoms with Gasteiger partial charge in [0.2, 0.25) is 0 Å². The Bertz CT molecular complexity index is 1040. The van der Waals surface area contributed by atoms with Crippen LogP contribution in [-0.4, -0.2) is 50.7 Å². The van der Waals surface area contributed by atoms with Gasteiger partial charge in [-0.05, 0) is 61.6 Å². The van der Waals surface area contributed by atoms with Crippen LogP contribution in [0.25, 0.3) is 0 Å². The predicted octanol–water partition coefficient (Wildman–Crippen LogP) is 4.70. The van der Waals surface area contributed by atoms with Gasteiger partial charge in [0.25, 0.3) is 5.92 Å². The summed E-state index contributed by atoms with van der Waals surface area (Å²) in [6, 6.07) is 11.1. The van der Waals surface area contributed by atoms with Crippen LogP contribution in [0, 0.1) is 17.0 Å². The summed E-state index contributed by atoms with van der Waals surface area (Å²) < 4.78 is 64.3. The fourth-order valence-corrected chi connectivity index (χ4v) is 6.34. The second-order valence-corrected chi connectivity index (χ2v) is 10.2. The van der Waals surface area contributed by atoms with E-state index in [0.29, 0.717) is 25.3 Å². The minimum atomic E-state index is -3.21. The molecular formula is C25H26F4N2O. The number of rotatable bonds is 5. The average Bonchev–Trinajstić information content (AvgIpc) is 3.49. The molecule has 2 aliphatic heterocycles. The average molecular weight is 446 g/mol. The van der Waals surface area contributed by atoms with E-state index in [9.17, 15) is 8.78 Å². The van der Waals surface area contributed by atoms with Crippen LogP contribution >= 0.6 is 0 Å². The number of anilines is 1. The van der Waals surface area contributed by atoms with E-state index in [0.717, 1.165) is 43.9 Å². The summed E-state index contributed by atoms with van der Waals surface area (Å²) in [6.07, 6.45) is 1.11. The van der Waals surface area contributed by atoms with Crippen molar-refractivity contribution in [1.29, 1.82) is 0 Å². The Morgan fingerprint density at radius 1 is 0.906 bits per heavy atom. The Hall–Kier alpha value is -2.12. The highest BCUT2D eigenvalue weighted by molar-refractivity contribution is 5.52. The molecule has 0 radical (unpaired) electrons. The maximum Gasteiger partial charge on any atom is 0.288 e. The summed E-state index contributed by atoms with van der Waals surface area (Å²) in [5.74, 6) is -4.96. The first-order chi connectivity index (χ1) is 15.2. The van der Waals surface area contributed by atoms with E-state index in [4.69, 9.17) is 4.74 Å². The maximum atomic E-state index is 15.7. The summed E-state index contributed by atoms with van der Waals surface area (Å²) in [7, 11) is 2.12. The number of likely N-dealkylation sites (N-methyl/N-ethyl adjacent to an activating group) is 1. The van der Waals surface area contributed by atoms with Gasteiger partial charge in [0.1, 0.15) is 11.6 Å². The monoisotopic (exact) mass is 446 g/mol. The van der Waals surface area contributed by atoms with Crippen LogP contribution in [0.4, 0.5) is 23.2 Å². The Morgan fingerprint density at radius 2 is 1.53 bits per heavy atom. The first-order valence-corrected chi connectivity index (χ1v) is 11.2. The van der Waals surface area contributed by atoms with Gasteiger partial charge in [-0.3, -0.25) is 0 Å². The lowest BCUT2D eigenvalue weighted by Crippen LogP contribution is -2.74. The van der Waals surface area contributed by atoms with E-state index in [1.165, 1.54) is 5.69 Å². The van der Waals surface area contributed by atoms with Crippen molar-refractivity contribution in [3.8, 4) is 0 Å². The molecule has 0 amide bonds. The highest BCUT2D eigenvalue weighted by Crippen LogP contribution is 2.81. The molecule has 1 unspecified atom stereocenters. The Balaban J connectivity index is 1.19. The molecule has 2 saturated heterocycles. The number of alkyl halides is 2. The molecule has 32 heavy (non-hydrogen) atoms. The lowest BCUT2D eigenvalue weighted by Gasteiger charge is -2.73. The molecule has 5 fully saturated rings. The summed E-state index contributed by atoms with van der Waals surface area (Å²) >= 11 is 0. The number of benzene rings is 2. The third-order valence-electron chi connectivity index (χ3n) is 8.35. The Labute approximate surface area is 185 Å². The van der Waals surface area contributed by atoms with Gasteiger partial charge in [-0.1, -0.05) is 12.1 Å². The van der Waals surface area contributed by atoms with Crippen LogP contribution in [0.2, 0.25) is 0 Å². The van der Waals surface area contributed by atoms with Gasteiger partial charge in [-0.2, -0.15) is 0 Å². The zero-order valence-electron chi connectivity index (χ0n) is 18.0. The van der Waals surface area contributed by atoms with Crippen molar-refractivity contribution >= 4 is 5.69 Å². The van der Waals surface area contributed by atoms with E-state index in [1.54, 1.807) is 0 Å². The summed E-state index contributed by atoms with van der Waals surface area (Å²) in [5, 5.41) is 0. The molecule has 0 spiro atoms. The van der Waals surface area contributed by atoms with Crippen molar-refractivity contribution in [3.63, 3.8) is 0 Å². The van der Waals surface area contributed by atoms with Gasteiger partial charge < -0.3 is 14.5 Å². The molecule has 2 heterocycles.